The maximum atomic E-state index is 13.4. The second kappa shape index (κ2) is 11.1. The van der Waals surface area contributed by atoms with Crippen molar-refractivity contribution in [2.75, 3.05) is 31.6 Å². The van der Waals surface area contributed by atoms with E-state index in [0.29, 0.717) is 36.0 Å². The number of morpholine rings is 1. The molecule has 2 aromatic carbocycles. The number of rotatable bonds is 7. The van der Waals surface area contributed by atoms with Crippen LogP contribution in [0.3, 0.4) is 0 Å². The van der Waals surface area contributed by atoms with Gasteiger partial charge in [0.25, 0.3) is 0 Å². The maximum Gasteiger partial charge on any atom is 0.246 e. The minimum Gasteiger partial charge on any atom is -0.490 e. The molecule has 33 heavy (non-hydrogen) atoms. The van der Waals surface area contributed by atoms with Crippen molar-refractivity contribution in [2.45, 2.75) is 20.0 Å². The minimum atomic E-state index is -0.521. The molecule has 1 fully saturated rings. The predicted octanol–water partition coefficient (Wildman–Crippen LogP) is 3.96. The van der Waals surface area contributed by atoms with Crippen molar-refractivity contribution in [2.24, 2.45) is 0 Å². The van der Waals surface area contributed by atoms with E-state index in [1.165, 1.54) is 32.1 Å². The van der Waals surface area contributed by atoms with Gasteiger partial charge in [-0.25, -0.2) is 4.39 Å². The molecule has 0 bridgehead atoms. The SMILES string of the molecule is CC(=O)Nc1cc(Cl)ccc1C=CC(=O)N1CCOC(COc2ccc(F)cc2C(C)=O)C1. The van der Waals surface area contributed by atoms with Crippen molar-refractivity contribution >= 4 is 41.0 Å². The van der Waals surface area contributed by atoms with Crippen LogP contribution < -0.4 is 10.1 Å². The first-order valence-electron chi connectivity index (χ1n) is 10.3. The van der Waals surface area contributed by atoms with Crippen LogP contribution in [0.15, 0.2) is 42.5 Å². The van der Waals surface area contributed by atoms with Crippen molar-refractivity contribution in [3.8, 4) is 5.75 Å². The van der Waals surface area contributed by atoms with E-state index in [0.717, 1.165) is 6.07 Å². The molecule has 9 heteroatoms. The van der Waals surface area contributed by atoms with Crippen LogP contribution in [0.2, 0.25) is 5.02 Å². The van der Waals surface area contributed by atoms with E-state index in [1.54, 1.807) is 29.2 Å². The first-order valence-corrected chi connectivity index (χ1v) is 10.7. The smallest absolute Gasteiger partial charge is 0.246 e. The normalized spacial score (nSPS) is 16.0. The Balaban J connectivity index is 1.62. The monoisotopic (exact) mass is 474 g/mol. The fourth-order valence-electron chi connectivity index (χ4n) is 3.34. The largest absolute Gasteiger partial charge is 0.490 e. The predicted molar refractivity (Wildman–Crippen MR) is 123 cm³/mol. The number of hydrogen-bond acceptors (Lipinski definition) is 5. The first kappa shape index (κ1) is 24.4. The van der Waals surface area contributed by atoms with Gasteiger partial charge in [0, 0.05) is 30.3 Å². The highest BCUT2D eigenvalue weighted by atomic mass is 35.5. The summed E-state index contributed by atoms with van der Waals surface area (Å²) in [5.41, 5.74) is 1.30. The number of Topliss-reactive ketones (excluding diaryl/α,β-unsaturated/α-hetero) is 1. The number of carbonyl (C=O) groups excluding carboxylic acids is 3. The van der Waals surface area contributed by atoms with Gasteiger partial charge in [-0.05, 0) is 48.9 Å². The molecule has 1 heterocycles. The van der Waals surface area contributed by atoms with Crippen LogP contribution in [0, 0.1) is 5.82 Å². The topological polar surface area (TPSA) is 84.9 Å². The van der Waals surface area contributed by atoms with Gasteiger partial charge in [0.05, 0.1) is 18.7 Å². The van der Waals surface area contributed by atoms with Crippen LogP contribution in [0.5, 0.6) is 5.75 Å². The Kier molecular flexibility index (Phi) is 8.19. The van der Waals surface area contributed by atoms with E-state index in [4.69, 9.17) is 21.1 Å². The highest BCUT2D eigenvalue weighted by molar-refractivity contribution is 6.31. The van der Waals surface area contributed by atoms with E-state index >= 15 is 0 Å². The fraction of sp³-hybridized carbons (Fsp3) is 0.292. The number of ketones is 1. The average Bonchev–Trinajstić information content (AvgIpc) is 2.77. The molecule has 1 N–H and O–H groups in total. The second-order valence-electron chi connectivity index (χ2n) is 7.53. The molecule has 2 aromatic rings. The highest BCUT2D eigenvalue weighted by Gasteiger charge is 2.24. The van der Waals surface area contributed by atoms with Gasteiger partial charge in [0.15, 0.2) is 5.78 Å². The van der Waals surface area contributed by atoms with Crippen LogP contribution >= 0.6 is 11.6 Å². The van der Waals surface area contributed by atoms with Gasteiger partial charge < -0.3 is 19.7 Å². The third kappa shape index (κ3) is 6.87. The van der Waals surface area contributed by atoms with Crippen molar-refractivity contribution in [1.29, 1.82) is 0 Å². The van der Waals surface area contributed by atoms with Crippen LogP contribution in [0.25, 0.3) is 6.08 Å². The molecule has 2 amide bonds. The van der Waals surface area contributed by atoms with Crippen LogP contribution in [-0.2, 0) is 14.3 Å². The Hall–Kier alpha value is -3.23. The summed E-state index contributed by atoms with van der Waals surface area (Å²) < 4.78 is 24.8. The molecule has 0 aliphatic carbocycles. The molecule has 1 aliphatic rings. The third-order valence-corrected chi connectivity index (χ3v) is 5.16. The molecule has 174 valence electrons. The molecule has 1 saturated heterocycles. The van der Waals surface area contributed by atoms with Crippen molar-refractivity contribution in [1.82, 2.24) is 4.90 Å². The lowest BCUT2D eigenvalue weighted by Gasteiger charge is -2.32. The summed E-state index contributed by atoms with van der Waals surface area (Å²) in [5.74, 6) is -1.03. The van der Waals surface area contributed by atoms with Crippen molar-refractivity contribution in [3.05, 3.63) is 64.4 Å². The summed E-state index contributed by atoms with van der Waals surface area (Å²) >= 11 is 6.00. The van der Waals surface area contributed by atoms with E-state index < -0.39 is 11.9 Å². The Bertz CT molecular complexity index is 1090. The number of nitrogens with zero attached hydrogens (tertiary/aromatic N) is 1. The summed E-state index contributed by atoms with van der Waals surface area (Å²) in [4.78, 5) is 37.5. The first-order chi connectivity index (χ1) is 15.7. The average molecular weight is 475 g/mol. The number of amides is 2. The number of ether oxygens (including phenoxy) is 2. The molecular formula is C24H24ClFN2O5. The van der Waals surface area contributed by atoms with Gasteiger partial charge in [0.2, 0.25) is 11.8 Å². The Morgan fingerprint density at radius 3 is 2.76 bits per heavy atom. The van der Waals surface area contributed by atoms with Crippen molar-refractivity contribution < 1.29 is 28.2 Å². The molecule has 7 nitrogen and oxygen atoms in total. The molecule has 1 aliphatic heterocycles. The molecular weight excluding hydrogens is 451 g/mol. The number of nitrogens with one attached hydrogen (secondary N) is 1. The van der Waals surface area contributed by atoms with Crippen molar-refractivity contribution in [3.63, 3.8) is 0 Å². The third-order valence-electron chi connectivity index (χ3n) is 4.93. The Morgan fingerprint density at radius 1 is 1.24 bits per heavy atom. The van der Waals surface area contributed by atoms with Gasteiger partial charge >= 0.3 is 0 Å². The van der Waals surface area contributed by atoms with E-state index in [1.807, 2.05) is 0 Å². The number of carbonyl (C=O) groups is 3. The van der Waals surface area contributed by atoms with E-state index in [2.05, 4.69) is 5.32 Å². The summed E-state index contributed by atoms with van der Waals surface area (Å²) in [6, 6.07) is 8.74. The summed E-state index contributed by atoms with van der Waals surface area (Å²) in [7, 11) is 0. The quantitative estimate of drug-likeness (QED) is 0.485. The lowest BCUT2D eigenvalue weighted by molar-refractivity contribution is -0.134. The molecule has 0 aromatic heterocycles. The molecule has 3 rings (SSSR count). The highest BCUT2D eigenvalue weighted by Crippen LogP contribution is 2.23. The zero-order chi connectivity index (χ0) is 24.0. The number of hydrogen-bond donors (Lipinski definition) is 1. The summed E-state index contributed by atoms with van der Waals surface area (Å²) in [6.07, 6.45) is 2.63. The number of benzene rings is 2. The molecule has 1 unspecified atom stereocenters. The van der Waals surface area contributed by atoms with E-state index in [9.17, 15) is 18.8 Å². The molecule has 0 radical (unpaired) electrons. The number of anilines is 1. The van der Waals surface area contributed by atoms with E-state index in [-0.39, 0.29) is 35.5 Å². The minimum absolute atomic E-state index is 0.100. The van der Waals surface area contributed by atoms with Crippen LogP contribution in [0.1, 0.15) is 29.8 Å². The van der Waals surface area contributed by atoms with Crippen LogP contribution in [-0.4, -0.2) is 54.9 Å². The summed E-state index contributed by atoms with van der Waals surface area (Å²) in [6.45, 7) is 3.86. The van der Waals surface area contributed by atoms with Gasteiger partial charge in [0.1, 0.15) is 24.3 Å². The molecule has 1 atom stereocenters. The lowest BCUT2D eigenvalue weighted by atomic mass is 10.1. The standard InChI is InChI=1S/C24H24ClFN2O5/c1-15(29)21-12-19(26)6-7-23(21)33-14-20-13-28(9-10-32-20)24(31)8-4-17-3-5-18(25)11-22(17)27-16(2)30/h3-8,11-12,20H,9-10,13-14H2,1-2H3,(H,27,30). The van der Waals surface area contributed by atoms with Gasteiger partial charge in [-0.3, -0.25) is 14.4 Å². The Labute approximate surface area is 196 Å². The molecule has 0 saturated carbocycles. The number of halogens is 2. The second-order valence-corrected chi connectivity index (χ2v) is 7.97. The zero-order valence-electron chi connectivity index (χ0n) is 18.3. The van der Waals surface area contributed by atoms with Crippen LogP contribution in [0.4, 0.5) is 10.1 Å². The van der Waals surface area contributed by atoms with Gasteiger partial charge in [-0.2, -0.15) is 0 Å². The lowest BCUT2D eigenvalue weighted by Crippen LogP contribution is -2.47. The summed E-state index contributed by atoms with van der Waals surface area (Å²) in [5, 5.41) is 3.15. The maximum absolute atomic E-state index is 13.4. The Morgan fingerprint density at radius 2 is 2.03 bits per heavy atom. The zero-order valence-corrected chi connectivity index (χ0v) is 19.0. The fourth-order valence-corrected chi connectivity index (χ4v) is 3.52. The van der Waals surface area contributed by atoms with Gasteiger partial charge in [-0.1, -0.05) is 17.7 Å². The van der Waals surface area contributed by atoms with Gasteiger partial charge in [-0.15, -0.1) is 0 Å². The molecule has 0 spiro atoms.